The SMILES string of the molecule is CCOC(COc1ccc(Br)c(F)c1)OCC. The molecule has 96 valence electrons. The molecule has 0 heterocycles. The molecule has 1 aromatic rings. The number of hydrogen-bond donors (Lipinski definition) is 0. The van der Waals surface area contributed by atoms with Crippen molar-refractivity contribution in [1.29, 1.82) is 0 Å². The average Bonchev–Trinajstić information content (AvgIpc) is 2.31. The van der Waals surface area contributed by atoms with Crippen LogP contribution in [0.2, 0.25) is 0 Å². The Morgan fingerprint density at radius 2 is 1.88 bits per heavy atom. The van der Waals surface area contributed by atoms with E-state index in [0.29, 0.717) is 23.4 Å². The molecule has 0 aliphatic heterocycles. The lowest BCUT2D eigenvalue weighted by Gasteiger charge is -2.17. The molecule has 0 aliphatic rings. The molecule has 0 spiro atoms. The molecule has 0 saturated carbocycles. The molecule has 0 aliphatic carbocycles. The van der Waals surface area contributed by atoms with Crippen LogP contribution in [-0.4, -0.2) is 26.1 Å². The Hall–Kier alpha value is -0.650. The van der Waals surface area contributed by atoms with Crippen LogP contribution in [0.3, 0.4) is 0 Å². The summed E-state index contributed by atoms with van der Waals surface area (Å²) in [5, 5.41) is 0. The van der Waals surface area contributed by atoms with Crippen molar-refractivity contribution in [2.45, 2.75) is 20.1 Å². The number of rotatable bonds is 7. The molecule has 0 unspecified atom stereocenters. The summed E-state index contributed by atoms with van der Waals surface area (Å²) in [6.45, 7) is 5.09. The van der Waals surface area contributed by atoms with Crippen molar-refractivity contribution in [2.24, 2.45) is 0 Å². The van der Waals surface area contributed by atoms with Crippen molar-refractivity contribution < 1.29 is 18.6 Å². The number of hydrogen-bond acceptors (Lipinski definition) is 3. The molecular weight excluding hydrogens is 291 g/mol. The third kappa shape index (κ3) is 5.02. The van der Waals surface area contributed by atoms with Gasteiger partial charge in [0, 0.05) is 19.3 Å². The van der Waals surface area contributed by atoms with Crippen LogP contribution in [0.1, 0.15) is 13.8 Å². The second kappa shape index (κ2) is 7.63. The molecule has 0 fully saturated rings. The van der Waals surface area contributed by atoms with Gasteiger partial charge in [-0.05, 0) is 41.9 Å². The van der Waals surface area contributed by atoms with E-state index < -0.39 is 6.29 Å². The summed E-state index contributed by atoms with van der Waals surface area (Å²) in [7, 11) is 0. The second-order valence-electron chi connectivity index (χ2n) is 3.23. The summed E-state index contributed by atoms with van der Waals surface area (Å²) < 4.78 is 29.6. The van der Waals surface area contributed by atoms with Gasteiger partial charge in [0.2, 0.25) is 0 Å². The van der Waals surface area contributed by atoms with Crippen LogP contribution in [-0.2, 0) is 9.47 Å². The standard InChI is InChI=1S/C12H16BrFO3/c1-3-15-12(16-4-2)8-17-9-5-6-10(13)11(14)7-9/h5-7,12H,3-4,8H2,1-2H3. The molecule has 1 rings (SSSR count). The highest BCUT2D eigenvalue weighted by Crippen LogP contribution is 2.21. The van der Waals surface area contributed by atoms with Crippen molar-refractivity contribution in [3.8, 4) is 5.75 Å². The van der Waals surface area contributed by atoms with Gasteiger partial charge in [0.25, 0.3) is 0 Å². The number of ether oxygens (including phenoxy) is 3. The predicted octanol–water partition coefficient (Wildman–Crippen LogP) is 3.37. The van der Waals surface area contributed by atoms with Gasteiger partial charge >= 0.3 is 0 Å². The van der Waals surface area contributed by atoms with E-state index >= 15 is 0 Å². The molecule has 0 bridgehead atoms. The van der Waals surface area contributed by atoms with Crippen LogP contribution < -0.4 is 4.74 Å². The molecule has 0 radical (unpaired) electrons. The van der Waals surface area contributed by atoms with E-state index in [4.69, 9.17) is 14.2 Å². The molecule has 0 aromatic heterocycles. The zero-order valence-electron chi connectivity index (χ0n) is 9.91. The Labute approximate surface area is 109 Å². The molecule has 0 amide bonds. The Morgan fingerprint density at radius 3 is 2.41 bits per heavy atom. The lowest BCUT2D eigenvalue weighted by Crippen LogP contribution is -2.25. The fourth-order valence-corrected chi connectivity index (χ4v) is 1.49. The molecule has 3 nitrogen and oxygen atoms in total. The maximum atomic E-state index is 13.2. The molecule has 17 heavy (non-hydrogen) atoms. The first kappa shape index (κ1) is 14.4. The third-order valence-electron chi connectivity index (χ3n) is 1.98. The summed E-state index contributed by atoms with van der Waals surface area (Å²) >= 11 is 3.08. The normalized spacial score (nSPS) is 10.9. The maximum absolute atomic E-state index is 13.2. The van der Waals surface area contributed by atoms with Gasteiger partial charge in [-0.25, -0.2) is 4.39 Å². The second-order valence-corrected chi connectivity index (χ2v) is 4.08. The Morgan fingerprint density at radius 1 is 1.24 bits per heavy atom. The smallest absolute Gasteiger partial charge is 0.191 e. The lowest BCUT2D eigenvalue weighted by molar-refractivity contribution is -0.152. The maximum Gasteiger partial charge on any atom is 0.191 e. The molecule has 0 N–H and O–H groups in total. The first-order chi connectivity index (χ1) is 8.17. The van der Waals surface area contributed by atoms with Crippen molar-refractivity contribution in [2.75, 3.05) is 19.8 Å². The summed E-state index contributed by atoms with van der Waals surface area (Å²) in [4.78, 5) is 0. The lowest BCUT2D eigenvalue weighted by atomic mass is 10.3. The van der Waals surface area contributed by atoms with E-state index in [0.717, 1.165) is 0 Å². The minimum Gasteiger partial charge on any atom is -0.488 e. The van der Waals surface area contributed by atoms with E-state index in [1.165, 1.54) is 6.07 Å². The van der Waals surface area contributed by atoms with Crippen LogP contribution in [0.15, 0.2) is 22.7 Å². The van der Waals surface area contributed by atoms with Gasteiger partial charge < -0.3 is 14.2 Å². The quantitative estimate of drug-likeness (QED) is 0.723. The van der Waals surface area contributed by atoms with Gasteiger partial charge in [-0.2, -0.15) is 0 Å². The molecule has 0 atom stereocenters. The van der Waals surface area contributed by atoms with Crippen molar-refractivity contribution >= 4 is 15.9 Å². The molecule has 5 heteroatoms. The van der Waals surface area contributed by atoms with Gasteiger partial charge in [-0.15, -0.1) is 0 Å². The van der Waals surface area contributed by atoms with Gasteiger partial charge in [0.1, 0.15) is 18.2 Å². The van der Waals surface area contributed by atoms with Crippen LogP contribution in [0.5, 0.6) is 5.75 Å². The summed E-state index contributed by atoms with van der Waals surface area (Å²) in [6.07, 6.45) is -0.420. The molecular formula is C12H16BrFO3. The van der Waals surface area contributed by atoms with Gasteiger partial charge in [-0.1, -0.05) is 0 Å². The highest BCUT2D eigenvalue weighted by atomic mass is 79.9. The van der Waals surface area contributed by atoms with Crippen LogP contribution in [0.4, 0.5) is 4.39 Å². The van der Waals surface area contributed by atoms with Crippen molar-refractivity contribution in [3.05, 3.63) is 28.5 Å². The largest absolute Gasteiger partial charge is 0.488 e. The van der Waals surface area contributed by atoms with Crippen molar-refractivity contribution in [1.82, 2.24) is 0 Å². The minimum atomic E-state index is -0.420. The zero-order chi connectivity index (χ0) is 12.7. The average molecular weight is 307 g/mol. The van der Waals surface area contributed by atoms with Gasteiger partial charge in [-0.3, -0.25) is 0 Å². The topological polar surface area (TPSA) is 27.7 Å². The predicted molar refractivity (Wildman–Crippen MR) is 66.6 cm³/mol. The van der Waals surface area contributed by atoms with E-state index in [1.54, 1.807) is 12.1 Å². The van der Waals surface area contributed by atoms with Crippen LogP contribution in [0, 0.1) is 5.82 Å². The summed E-state index contributed by atoms with van der Waals surface area (Å²) in [5.74, 6) is 0.0991. The Balaban J connectivity index is 2.49. The van der Waals surface area contributed by atoms with E-state index in [1.807, 2.05) is 13.8 Å². The summed E-state index contributed by atoms with van der Waals surface area (Å²) in [6, 6.07) is 4.60. The Bertz CT molecular complexity index is 341. The summed E-state index contributed by atoms with van der Waals surface area (Å²) in [5.41, 5.74) is 0. The van der Waals surface area contributed by atoms with Gasteiger partial charge in [0.05, 0.1) is 4.47 Å². The Kier molecular flexibility index (Phi) is 6.47. The fourth-order valence-electron chi connectivity index (χ4n) is 1.25. The number of halogens is 2. The first-order valence-electron chi connectivity index (χ1n) is 5.48. The van der Waals surface area contributed by atoms with Crippen LogP contribution in [0.25, 0.3) is 0 Å². The van der Waals surface area contributed by atoms with Crippen molar-refractivity contribution in [3.63, 3.8) is 0 Å². The third-order valence-corrected chi connectivity index (χ3v) is 2.63. The van der Waals surface area contributed by atoms with E-state index in [9.17, 15) is 4.39 Å². The van der Waals surface area contributed by atoms with E-state index in [-0.39, 0.29) is 12.4 Å². The number of benzene rings is 1. The fraction of sp³-hybridized carbons (Fsp3) is 0.500. The molecule has 0 saturated heterocycles. The molecule has 1 aromatic carbocycles. The highest BCUT2D eigenvalue weighted by molar-refractivity contribution is 9.10. The first-order valence-corrected chi connectivity index (χ1v) is 6.27. The minimum absolute atomic E-state index is 0.239. The van der Waals surface area contributed by atoms with Gasteiger partial charge in [0.15, 0.2) is 6.29 Å². The monoisotopic (exact) mass is 306 g/mol. The highest BCUT2D eigenvalue weighted by Gasteiger charge is 2.09. The van der Waals surface area contributed by atoms with E-state index in [2.05, 4.69) is 15.9 Å². The zero-order valence-corrected chi connectivity index (χ0v) is 11.5. The van der Waals surface area contributed by atoms with Crippen LogP contribution >= 0.6 is 15.9 Å².